The molecule has 0 radical (unpaired) electrons. The largest absolute Gasteiger partial charge is 0.492 e. The van der Waals surface area contributed by atoms with Gasteiger partial charge in [0.05, 0.1) is 18.8 Å². The molecular formula is C25H36N4O3. The number of carbonyl (C=O) groups is 2. The normalized spacial score (nSPS) is 28.5. The Balaban J connectivity index is 1.15. The van der Waals surface area contributed by atoms with Crippen molar-refractivity contribution in [3.05, 3.63) is 24.3 Å². The maximum absolute atomic E-state index is 13.1. The molecule has 7 heteroatoms. The van der Waals surface area contributed by atoms with Gasteiger partial charge in [-0.15, -0.1) is 0 Å². The van der Waals surface area contributed by atoms with Crippen LogP contribution in [0, 0.1) is 11.8 Å². The first kappa shape index (κ1) is 21.6. The summed E-state index contributed by atoms with van der Waals surface area (Å²) in [5, 5.41) is 0. The zero-order valence-electron chi connectivity index (χ0n) is 19.2. The van der Waals surface area contributed by atoms with Crippen LogP contribution < -0.4 is 9.64 Å². The first-order valence-electron chi connectivity index (χ1n) is 12.4. The molecule has 4 saturated heterocycles. The standard InChI is InChI=1S/C25H36N4O3/c1-2-32-23-8-4-3-6-22(23)27-10-12-28(13-11-27)25(31)18-26-15-19-14-20(17-26)21-7-5-9-24(30)29(21)16-19/h3-4,6,8,19-21H,2,5,7,9-18H2,1H3/t19?,20?,21-/m1/s1. The lowest BCUT2D eigenvalue weighted by molar-refractivity contribution is -0.146. The van der Waals surface area contributed by atoms with Gasteiger partial charge in [-0.25, -0.2) is 0 Å². The number of piperidine rings is 3. The lowest BCUT2D eigenvalue weighted by Crippen LogP contribution is -2.61. The van der Waals surface area contributed by atoms with Crippen molar-refractivity contribution in [2.45, 2.75) is 38.6 Å². The van der Waals surface area contributed by atoms with E-state index in [1.807, 2.05) is 30.0 Å². The van der Waals surface area contributed by atoms with Crippen LogP contribution in [0.4, 0.5) is 5.69 Å². The summed E-state index contributed by atoms with van der Waals surface area (Å²) in [5.41, 5.74) is 1.12. The fraction of sp³-hybridized carbons (Fsp3) is 0.680. The zero-order valence-corrected chi connectivity index (χ0v) is 19.2. The first-order valence-corrected chi connectivity index (χ1v) is 12.4. The second-order valence-corrected chi connectivity index (χ2v) is 9.83. The third kappa shape index (κ3) is 4.32. The average Bonchev–Trinajstić information content (AvgIpc) is 2.80. The monoisotopic (exact) mass is 440 g/mol. The van der Waals surface area contributed by atoms with Crippen LogP contribution in [0.1, 0.15) is 32.6 Å². The summed E-state index contributed by atoms with van der Waals surface area (Å²) in [6.45, 7) is 9.15. The predicted molar refractivity (Wildman–Crippen MR) is 124 cm³/mol. The molecule has 0 aromatic heterocycles. The SMILES string of the molecule is CCOc1ccccc1N1CCN(C(=O)CN2CC3CC(C2)[C@H]2CCCC(=O)N2C3)CC1. The smallest absolute Gasteiger partial charge is 0.236 e. The van der Waals surface area contributed by atoms with Gasteiger partial charge >= 0.3 is 0 Å². The summed E-state index contributed by atoms with van der Waals surface area (Å²) in [4.78, 5) is 34.4. The van der Waals surface area contributed by atoms with Crippen LogP contribution in [0.25, 0.3) is 0 Å². The minimum atomic E-state index is 0.249. The molecule has 1 aromatic carbocycles. The van der Waals surface area contributed by atoms with Gasteiger partial charge in [0.1, 0.15) is 5.75 Å². The van der Waals surface area contributed by atoms with E-state index in [1.165, 1.54) is 6.42 Å². The van der Waals surface area contributed by atoms with Crippen molar-refractivity contribution < 1.29 is 14.3 Å². The van der Waals surface area contributed by atoms with Gasteiger partial charge in [-0.05, 0) is 50.2 Å². The summed E-state index contributed by atoms with van der Waals surface area (Å²) in [6, 6.07) is 8.58. The summed E-state index contributed by atoms with van der Waals surface area (Å²) in [5.74, 6) is 2.58. The number of hydrogen-bond donors (Lipinski definition) is 0. The molecular weight excluding hydrogens is 404 g/mol. The van der Waals surface area contributed by atoms with Gasteiger partial charge in [0.2, 0.25) is 11.8 Å². The number of rotatable bonds is 5. The molecule has 4 heterocycles. The van der Waals surface area contributed by atoms with Crippen LogP contribution in [0.3, 0.4) is 0 Å². The fourth-order valence-electron chi connectivity index (χ4n) is 6.33. The number of benzene rings is 1. The van der Waals surface area contributed by atoms with Crippen molar-refractivity contribution in [1.29, 1.82) is 0 Å². The maximum Gasteiger partial charge on any atom is 0.236 e. The zero-order chi connectivity index (χ0) is 22.1. The topological polar surface area (TPSA) is 56.3 Å². The number of nitrogens with zero attached hydrogens (tertiary/aromatic N) is 4. The van der Waals surface area contributed by atoms with E-state index >= 15 is 0 Å². The Morgan fingerprint density at radius 1 is 1.09 bits per heavy atom. The Kier molecular flexibility index (Phi) is 6.26. The number of ether oxygens (including phenoxy) is 1. The quantitative estimate of drug-likeness (QED) is 0.702. The average molecular weight is 441 g/mol. The van der Waals surface area contributed by atoms with Gasteiger partial charge in [0.15, 0.2) is 0 Å². The molecule has 0 aliphatic carbocycles. The van der Waals surface area contributed by atoms with E-state index in [2.05, 4.69) is 20.8 Å². The van der Waals surface area contributed by atoms with Gasteiger partial charge in [-0.3, -0.25) is 14.5 Å². The number of hydrogen-bond acceptors (Lipinski definition) is 5. The molecule has 3 atom stereocenters. The minimum Gasteiger partial charge on any atom is -0.492 e. The summed E-state index contributed by atoms with van der Waals surface area (Å²) in [7, 11) is 0. The van der Waals surface area contributed by atoms with E-state index in [9.17, 15) is 9.59 Å². The van der Waals surface area contributed by atoms with Gasteiger partial charge in [-0.1, -0.05) is 12.1 Å². The maximum atomic E-state index is 13.1. The molecule has 0 spiro atoms. The van der Waals surface area contributed by atoms with E-state index in [4.69, 9.17) is 4.74 Å². The molecule has 174 valence electrons. The van der Waals surface area contributed by atoms with Crippen LogP contribution in [0.15, 0.2) is 24.3 Å². The van der Waals surface area contributed by atoms with E-state index in [-0.39, 0.29) is 5.91 Å². The number of anilines is 1. The Morgan fingerprint density at radius 3 is 2.72 bits per heavy atom. The molecule has 5 rings (SSSR count). The Bertz CT molecular complexity index is 838. The van der Waals surface area contributed by atoms with Gasteiger partial charge in [-0.2, -0.15) is 0 Å². The number of carbonyl (C=O) groups excluding carboxylic acids is 2. The molecule has 32 heavy (non-hydrogen) atoms. The van der Waals surface area contributed by atoms with E-state index in [1.54, 1.807) is 0 Å². The van der Waals surface area contributed by atoms with Crippen LogP contribution in [-0.4, -0.2) is 91.5 Å². The van der Waals surface area contributed by atoms with Gasteiger partial charge in [0, 0.05) is 58.3 Å². The molecule has 0 N–H and O–H groups in total. The third-order valence-electron chi connectivity index (χ3n) is 7.75. The Morgan fingerprint density at radius 2 is 1.91 bits per heavy atom. The van der Waals surface area contributed by atoms with Crippen molar-refractivity contribution >= 4 is 17.5 Å². The molecule has 7 nitrogen and oxygen atoms in total. The number of likely N-dealkylation sites (tertiary alicyclic amines) is 1. The second-order valence-electron chi connectivity index (χ2n) is 9.83. The molecule has 4 aliphatic heterocycles. The molecule has 4 fully saturated rings. The van der Waals surface area contributed by atoms with E-state index in [0.717, 1.165) is 76.5 Å². The first-order chi connectivity index (χ1) is 15.6. The highest BCUT2D eigenvalue weighted by atomic mass is 16.5. The molecule has 2 amide bonds. The summed E-state index contributed by atoms with van der Waals surface area (Å²) < 4.78 is 5.79. The Labute approximate surface area is 191 Å². The van der Waals surface area contributed by atoms with Crippen molar-refractivity contribution in [3.8, 4) is 5.75 Å². The fourth-order valence-corrected chi connectivity index (χ4v) is 6.33. The number of amides is 2. The van der Waals surface area contributed by atoms with Gasteiger partial charge < -0.3 is 19.4 Å². The van der Waals surface area contributed by atoms with Crippen LogP contribution in [0.5, 0.6) is 5.75 Å². The molecule has 0 saturated carbocycles. The lowest BCUT2D eigenvalue weighted by atomic mass is 9.76. The van der Waals surface area contributed by atoms with E-state index < -0.39 is 0 Å². The lowest BCUT2D eigenvalue weighted by Gasteiger charge is -2.52. The van der Waals surface area contributed by atoms with Crippen molar-refractivity contribution in [2.75, 3.05) is 63.9 Å². The number of fused-ring (bicyclic) bond motifs is 4. The van der Waals surface area contributed by atoms with Crippen LogP contribution >= 0.6 is 0 Å². The molecule has 2 unspecified atom stereocenters. The third-order valence-corrected chi connectivity index (χ3v) is 7.75. The van der Waals surface area contributed by atoms with E-state index in [0.29, 0.717) is 36.9 Å². The van der Waals surface area contributed by atoms with Gasteiger partial charge in [0.25, 0.3) is 0 Å². The van der Waals surface area contributed by atoms with Crippen LogP contribution in [0.2, 0.25) is 0 Å². The van der Waals surface area contributed by atoms with Crippen molar-refractivity contribution in [3.63, 3.8) is 0 Å². The summed E-state index contributed by atoms with van der Waals surface area (Å²) in [6.07, 6.45) is 4.10. The predicted octanol–water partition coefficient (Wildman–Crippen LogP) is 2.07. The number of piperazine rings is 1. The van der Waals surface area contributed by atoms with Crippen molar-refractivity contribution in [2.24, 2.45) is 11.8 Å². The summed E-state index contributed by atoms with van der Waals surface area (Å²) >= 11 is 0. The Hall–Kier alpha value is -2.28. The highest BCUT2D eigenvalue weighted by Gasteiger charge is 2.44. The highest BCUT2D eigenvalue weighted by molar-refractivity contribution is 5.79. The molecule has 1 aromatic rings. The minimum absolute atomic E-state index is 0.249. The molecule has 2 bridgehead atoms. The highest BCUT2D eigenvalue weighted by Crippen LogP contribution is 2.38. The number of para-hydroxylation sites is 2. The van der Waals surface area contributed by atoms with Crippen LogP contribution in [-0.2, 0) is 9.59 Å². The van der Waals surface area contributed by atoms with Crippen molar-refractivity contribution in [1.82, 2.24) is 14.7 Å². The second kappa shape index (κ2) is 9.30. The molecule has 4 aliphatic rings.